The van der Waals surface area contributed by atoms with E-state index in [9.17, 15) is 0 Å². The van der Waals surface area contributed by atoms with Gasteiger partial charge in [-0.1, -0.05) is 11.2 Å². The van der Waals surface area contributed by atoms with Gasteiger partial charge in [-0.3, -0.25) is 0 Å². The van der Waals surface area contributed by atoms with Crippen molar-refractivity contribution in [2.75, 3.05) is 20.8 Å². The van der Waals surface area contributed by atoms with E-state index in [0.29, 0.717) is 36.2 Å². The average Bonchev–Trinajstić information content (AvgIpc) is 3.23. The highest BCUT2D eigenvalue weighted by atomic mass is 35.5. The smallest absolute Gasteiger partial charge is 0.255 e. The zero-order valence-corrected chi connectivity index (χ0v) is 14.5. The third-order valence-corrected chi connectivity index (χ3v) is 3.94. The zero-order valence-electron chi connectivity index (χ0n) is 13.7. The Labute approximate surface area is 146 Å². The molecule has 1 aliphatic rings. The Morgan fingerprint density at radius 1 is 1.21 bits per heavy atom. The summed E-state index contributed by atoms with van der Waals surface area (Å²) in [5, 5.41) is 4.04. The second-order valence-electron chi connectivity index (χ2n) is 5.47. The Hall–Kier alpha value is -1.83. The Bertz CT molecular complexity index is 665. The topological polar surface area (TPSA) is 92.6 Å². The van der Waals surface area contributed by atoms with Crippen molar-refractivity contribution in [2.24, 2.45) is 5.73 Å². The molecule has 2 unspecified atom stereocenters. The fourth-order valence-electron chi connectivity index (χ4n) is 2.70. The van der Waals surface area contributed by atoms with Crippen LogP contribution in [0.5, 0.6) is 11.5 Å². The summed E-state index contributed by atoms with van der Waals surface area (Å²) in [5.74, 6) is 2.51. The molecule has 24 heavy (non-hydrogen) atoms. The summed E-state index contributed by atoms with van der Waals surface area (Å²) in [6, 6.07) is 5.72. The largest absolute Gasteiger partial charge is 0.493 e. The number of ether oxygens (including phenoxy) is 3. The Balaban J connectivity index is 0.00000208. The quantitative estimate of drug-likeness (QED) is 0.849. The summed E-state index contributed by atoms with van der Waals surface area (Å²) in [6.07, 6.45) is 2.28. The van der Waals surface area contributed by atoms with Crippen molar-refractivity contribution < 1.29 is 18.7 Å². The maximum Gasteiger partial charge on any atom is 0.255 e. The maximum atomic E-state index is 5.77. The van der Waals surface area contributed by atoms with Crippen molar-refractivity contribution in [1.82, 2.24) is 10.1 Å². The molecule has 1 saturated heterocycles. The fraction of sp³-hybridized carbons (Fsp3) is 0.500. The van der Waals surface area contributed by atoms with Crippen LogP contribution in [0.25, 0.3) is 0 Å². The molecule has 1 aromatic carbocycles. The number of halogens is 1. The molecule has 0 amide bonds. The van der Waals surface area contributed by atoms with E-state index >= 15 is 0 Å². The van der Waals surface area contributed by atoms with Gasteiger partial charge in [0.25, 0.3) is 5.89 Å². The Morgan fingerprint density at radius 3 is 2.67 bits per heavy atom. The van der Waals surface area contributed by atoms with E-state index in [4.69, 9.17) is 24.5 Å². The van der Waals surface area contributed by atoms with E-state index in [1.54, 1.807) is 14.2 Å². The van der Waals surface area contributed by atoms with Crippen LogP contribution in [-0.2, 0) is 11.2 Å². The Kier molecular flexibility index (Phi) is 6.42. The molecule has 1 aromatic heterocycles. The molecular weight excluding hydrogens is 334 g/mol. The van der Waals surface area contributed by atoms with Gasteiger partial charge in [-0.05, 0) is 30.5 Å². The van der Waals surface area contributed by atoms with Gasteiger partial charge in [0, 0.05) is 13.0 Å². The number of aromatic nitrogens is 2. The molecule has 3 rings (SSSR count). The number of hydrogen-bond acceptors (Lipinski definition) is 7. The fourth-order valence-corrected chi connectivity index (χ4v) is 2.70. The van der Waals surface area contributed by atoms with Crippen molar-refractivity contribution in [3.05, 3.63) is 35.5 Å². The van der Waals surface area contributed by atoms with Crippen LogP contribution in [0.1, 0.15) is 36.2 Å². The van der Waals surface area contributed by atoms with Crippen LogP contribution >= 0.6 is 12.4 Å². The second kappa shape index (κ2) is 8.32. The van der Waals surface area contributed by atoms with Crippen LogP contribution in [0, 0.1) is 0 Å². The molecule has 7 nitrogen and oxygen atoms in total. The molecule has 0 radical (unpaired) electrons. The second-order valence-corrected chi connectivity index (χ2v) is 5.47. The van der Waals surface area contributed by atoms with E-state index in [-0.39, 0.29) is 24.6 Å². The summed E-state index contributed by atoms with van der Waals surface area (Å²) < 4.78 is 21.6. The van der Waals surface area contributed by atoms with Gasteiger partial charge in [0.15, 0.2) is 17.3 Å². The summed E-state index contributed by atoms with van der Waals surface area (Å²) in [4.78, 5) is 4.44. The summed E-state index contributed by atoms with van der Waals surface area (Å²) >= 11 is 0. The van der Waals surface area contributed by atoms with Crippen LogP contribution < -0.4 is 15.2 Å². The highest BCUT2D eigenvalue weighted by molar-refractivity contribution is 5.85. The minimum absolute atomic E-state index is 0. The molecule has 132 valence electrons. The van der Waals surface area contributed by atoms with Crippen molar-refractivity contribution in [3.8, 4) is 11.5 Å². The van der Waals surface area contributed by atoms with E-state index < -0.39 is 0 Å². The maximum absolute atomic E-state index is 5.77. The number of nitrogens with two attached hydrogens (primary N) is 1. The third kappa shape index (κ3) is 3.98. The first-order valence-electron chi connectivity index (χ1n) is 7.62. The molecule has 1 aliphatic heterocycles. The van der Waals surface area contributed by atoms with Gasteiger partial charge in [-0.2, -0.15) is 4.98 Å². The highest BCUT2D eigenvalue weighted by Gasteiger charge is 2.29. The monoisotopic (exact) mass is 355 g/mol. The molecule has 1 fully saturated rings. The van der Waals surface area contributed by atoms with Gasteiger partial charge in [0.2, 0.25) is 0 Å². The first-order chi connectivity index (χ1) is 11.2. The lowest BCUT2D eigenvalue weighted by atomic mass is 10.1. The highest BCUT2D eigenvalue weighted by Crippen LogP contribution is 2.32. The van der Waals surface area contributed by atoms with E-state index in [0.717, 1.165) is 18.4 Å². The molecule has 0 saturated carbocycles. The lowest BCUT2D eigenvalue weighted by Crippen LogP contribution is -2.18. The summed E-state index contributed by atoms with van der Waals surface area (Å²) in [7, 11) is 3.22. The van der Waals surface area contributed by atoms with E-state index in [1.807, 2.05) is 18.2 Å². The zero-order chi connectivity index (χ0) is 16.2. The molecule has 2 aromatic rings. The van der Waals surface area contributed by atoms with E-state index in [1.165, 1.54) is 0 Å². The van der Waals surface area contributed by atoms with Gasteiger partial charge in [-0.25, -0.2) is 0 Å². The standard InChI is InChI=1S/C16H21N3O4.ClH/c1-20-12-5-3-10(7-14(12)21-2)8-15-18-16(23-19-15)13-6-4-11(9-17)22-13;/h3,5,7,11,13H,4,6,8-9,17H2,1-2H3;1H. The van der Waals surface area contributed by atoms with Crippen LogP contribution in [0.15, 0.2) is 22.7 Å². The summed E-state index contributed by atoms with van der Waals surface area (Å²) in [6.45, 7) is 0.517. The molecule has 0 spiro atoms. The van der Waals surface area contributed by atoms with Crippen molar-refractivity contribution >= 4 is 12.4 Å². The number of hydrogen-bond donors (Lipinski definition) is 1. The predicted octanol–water partition coefficient (Wildman–Crippen LogP) is 2.28. The first kappa shape index (κ1) is 18.5. The van der Waals surface area contributed by atoms with Gasteiger partial charge in [0.1, 0.15) is 6.10 Å². The van der Waals surface area contributed by atoms with Gasteiger partial charge in [0.05, 0.1) is 20.3 Å². The molecular formula is C16H22ClN3O4. The first-order valence-corrected chi connectivity index (χ1v) is 7.62. The van der Waals surface area contributed by atoms with Crippen LogP contribution in [0.2, 0.25) is 0 Å². The number of benzene rings is 1. The van der Waals surface area contributed by atoms with Crippen molar-refractivity contribution in [3.63, 3.8) is 0 Å². The molecule has 2 atom stereocenters. The molecule has 8 heteroatoms. The van der Waals surface area contributed by atoms with Crippen molar-refractivity contribution in [1.29, 1.82) is 0 Å². The molecule has 2 heterocycles. The molecule has 0 aliphatic carbocycles. The lowest BCUT2D eigenvalue weighted by molar-refractivity contribution is 0.0307. The van der Waals surface area contributed by atoms with Crippen LogP contribution in [-0.4, -0.2) is 37.0 Å². The lowest BCUT2D eigenvalue weighted by Gasteiger charge is -2.08. The van der Waals surface area contributed by atoms with Gasteiger partial charge in [-0.15, -0.1) is 12.4 Å². The van der Waals surface area contributed by atoms with Gasteiger partial charge < -0.3 is 24.5 Å². The third-order valence-electron chi connectivity index (χ3n) is 3.94. The molecule has 0 bridgehead atoms. The van der Waals surface area contributed by atoms with Crippen molar-refractivity contribution in [2.45, 2.75) is 31.5 Å². The Morgan fingerprint density at radius 2 is 2.00 bits per heavy atom. The molecule has 2 N–H and O–H groups in total. The predicted molar refractivity (Wildman–Crippen MR) is 89.8 cm³/mol. The minimum atomic E-state index is -0.143. The van der Waals surface area contributed by atoms with E-state index in [2.05, 4.69) is 10.1 Å². The van der Waals surface area contributed by atoms with Crippen LogP contribution in [0.4, 0.5) is 0 Å². The SMILES string of the molecule is COc1ccc(Cc2noc(C3CCC(CN)O3)n2)cc1OC.Cl. The van der Waals surface area contributed by atoms with Crippen LogP contribution in [0.3, 0.4) is 0 Å². The normalized spacial score (nSPS) is 19.8. The number of rotatable bonds is 6. The number of nitrogens with zero attached hydrogens (tertiary/aromatic N) is 2. The summed E-state index contributed by atoms with van der Waals surface area (Å²) in [5.41, 5.74) is 6.63. The average molecular weight is 356 g/mol. The number of methoxy groups -OCH3 is 2. The van der Waals surface area contributed by atoms with Gasteiger partial charge >= 0.3 is 0 Å². The minimum Gasteiger partial charge on any atom is -0.493 e.